The molecule has 0 aliphatic carbocycles. The molecule has 1 fully saturated rings. The second-order valence-electron chi connectivity index (χ2n) is 6.08. The van der Waals surface area contributed by atoms with Crippen LogP contribution in [-0.4, -0.2) is 59.1 Å². The third-order valence-electron chi connectivity index (χ3n) is 4.33. The summed E-state index contributed by atoms with van der Waals surface area (Å²) < 4.78 is 4.87. The monoisotopic (exact) mass is 358 g/mol. The topological polar surface area (TPSA) is 100 Å². The van der Waals surface area contributed by atoms with E-state index in [4.69, 9.17) is 4.52 Å². The molecule has 0 amide bonds. The number of nitrogens with zero attached hydrogens (tertiary/aromatic N) is 5. The van der Waals surface area contributed by atoms with Gasteiger partial charge in [-0.05, 0) is 5.56 Å². The van der Waals surface area contributed by atoms with Crippen molar-refractivity contribution in [2.45, 2.75) is 13.1 Å². The lowest BCUT2D eigenvalue weighted by Crippen LogP contribution is -2.52. The largest absolute Gasteiger partial charge is 0.364 e. The molecule has 3 rings (SSSR count). The Morgan fingerprint density at radius 1 is 1.35 bits per heavy atom. The molecule has 1 aromatic carbocycles. The van der Waals surface area contributed by atoms with E-state index in [0.717, 1.165) is 49.9 Å². The Kier molecular flexibility index (Phi) is 5.80. The van der Waals surface area contributed by atoms with Crippen LogP contribution in [0.3, 0.4) is 0 Å². The van der Waals surface area contributed by atoms with Crippen molar-refractivity contribution in [3.8, 4) is 0 Å². The first-order valence-electron chi connectivity index (χ1n) is 8.46. The van der Waals surface area contributed by atoms with Crippen LogP contribution in [0.1, 0.15) is 11.3 Å². The molecular formula is C17H22N6O3. The summed E-state index contributed by atoms with van der Waals surface area (Å²) in [5.41, 5.74) is 1.89. The van der Waals surface area contributed by atoms with Gasteiger partial charge in [0, 0.05) is 64.5 Å². The van der Waals surface area contributed by atoms with Crippen LogP contribution in [0, 0.1) is 10.1 Å². The van der Waals surface area contributed by atoms with Crippen molar-refractivity contribution in [3.63, 3.8) is 0 Å². The lowest BCUT2D eigenvalue weighted by molar-refractivity contribution is -0.384. The van der Waals surface area contributed by atoms with Gasteiger partial charge >= 0.3 is 0 Å². The number of piperazine rings is 1. The summed E-state index contributed by atoms with van der Waals surface area (Å²) in [5, 5.41) is 18.1. The van der Waals surface area contributed by atoms with E-state index in [2.05, 4.69) is 25.3 Å². The second-order valence-corrected chi connectivity index (χ2v) is 6.08. The highest BCUT2D eigenvalue weighted by atomic mass is 16.6. The second kappa shape index (κ2) is 8.43. The number of nitrogens with one attached hydrogen (secondary N) is 1. The standard InChI is InChI=1S/C17H22N6O3/c1-18-17(19-12-14-3-2-4-16(11-14)23(24)25)22-8-6-21(7-9-22)13-15-5-10-26-20-15/h2-5,10-11H,6-9,12-13H2,1H3,(H,18,19). The lowest BCUT2D eigenvalue weighted by atomic mass is 10.2. The van der Waals surface area contributed by atoms with E-state index < -0.39 is 0 Å². The molecule has 9 heteroatoms. The number of nitro benzene ring substituents is 1. The Balaban J connectivity index is 1.50. The Bertz CT molecular complexity index is 754. The molecule has 2 heterocycles. The highest BCUT2D eigenvalue weighted by molar-refractivity contribution is 5.80. The van der Waals surface area contributed by atoms with E-state index in [1.165, 1.54) is 6.07 Å². The number of non-ortho nitro benzene ring substituents is 1. The molecule has 0 atom stereocenters. The molecule has 2 aromatic rings. The van der Waals surface area contributed by atoms with Gasteiger partial charge in [0.05, 0.1) is 10.6 Å². The summed E-state index contributed by atoms with van der Waals surface area (Å²) in [4.78, 5) is 19.3. The summed E-state index contributed by atoms with van der Waals surface area (Å²) in [7, 11) is 1.75. The fourth-order valence-corrected chi connectivity index (χ4v) is 2.96. The Morgan fingerprint density at radius 3 is 2.81 bits per heavy atom. The minimum Gasteiger partial charge on any atom is -0.364 e. The van der Waals surface area contributed by atoms with Crippen LogP contribution < -0.4 is 5.32 Å². The van der Waals surface area contributed by atoms with Gasteiger partial charge in [-0.15, -0.1) is 0 Å². The van der Waals surface area contributed by atoms with E-state index >= 15 is 0 Å². The molecule has 0 radical (unpaired) electrons. The Morgan fingerprint density at radius 2 is 2.15 bits per heavy atom. The molecule has 1 aliphatic rings. The first-order chi connectivity index (χ1) is 12.7. The molecule has 1 saturated heterocycles. The smallest absolute Gasteiger partial charge is 0.269 e. The molecule has 1 N–H and O–H groups in total. The fraction of sp³-hybridized carbons (Fsp3) is 0.412. The molecule has 0 bridgehead atoms. The van der Waals surface area contributed by atoms with Gasteiger partial charge in [0.25, 0.3) is 5.69 Å². The minimum absolute atomic E-state index is 0.0979. The van der Waals surface area contributed by atoms with Crippen molar-refractivity contribution >= 4 is 11.6 Å². The van der Waals surface area contributed by atoms with E-state index in [9.17, 15) is 10.1 Å². The van der Waals surface area contributed by atoms with Gasteiger partial charge in [0.1, 0.15) is 6.26 Å². The molecule has 0 unspecified atom stereocenters. The van der Waals surface area contributed by atoms with Crippen molar-refractivity contribution < 1.29 is 9.45 Å². The highest BCUT2D eigenvalue weighted by Gasteiger charge is 2.20. The predicted molar refractivity (Wildman–Crippen MR) is 96.6 cm³/mol. The highest BCUT2D eigenvalue weighted by Crippen LogP contribution is 2.13. The number of rotatable bonds is 5. The number of hydrogen-bond acceptors (Lipinski definition) is 6. The zero-order valence-corrected chi connectivity index (χ0v) is 14.7. The molecular weight excluding hydrogens is 336 g/mol. The van der Waals surface area contributed by atoms with E-state index in [-0.39, 0.29) is 10.6 Å². The van der Waals surface area contributed by atoms with Crippen molar-refractivity contribution in [3.05, 3.63) is 58.0 Å². The zero-order chi connectivity index (χ0) is 18.4. The van der Waals surface area contributed by atoms with Gasteiger partial charge in [0.2, 0.25) is 0 Å². The lowest BCUT2D eigenvalue weighted by Gasteiger charge is -2.36. The molecule has 9 nitrogen and oxygen atoms in total. The number of nitro groups is 1. The van der Waals surface area contributed by atoms with E-state index in [1.54, 1.807) is 25.4 Å². The van der Waals surface area contributed by atoms with Gasteiger partial charge in [-0.1, -0.05) is 17.3 Å². The first kappa shape index (κ1) is 17.9. The molecule has 1 aromatic heterocycles. The van der Waals surface area contributed by atoms with E-state index in [1.807, 2.05) is 12.1 Å². The van der Waals surface area contributed by atoms with Crippen molar-refractivity contribution in [1.82, 2.24) is 20.3 Å². The minimum atomic E-state index is -0.383. The quantitative estimate of drug-likeness (QED) is 0.374. The van der Waals surface area contributed by atoms with Gasteiger partial charge < -0.3 is 14.7 Å². The SMILES string of the molecule is CN=C(NCc1cccc([N+](=O)[O-])c1)N1CCN(Cc2ccon2)CC1. The van der Waals surface area contributed by atoms with Gasteiger partial charge in [-0.3, -0.25) is 20.0 Å². The fourth-order valence-electron chi connectivity index (χ4n) is 2.96. The summed E-state index contributed by atoms with van der Waals surface area (Å²) in [6.45, 7) is 4.80. The van der Waals surface area contributed by atoms with Crippen LogP contribution >= 0.6 is 0 Å². The average Bonchev–Trinajstić information content (AvgIpc) is 3.17. The van der Waals surface area contributed by atoms with Crippen molar-refractivity contribution in [2.24, 2.45) is 4.99 Å². The van der Waals surface area contributed by atoms with Crippen LogP contribution in [0.15, 0.2) is 46.1 Å². The average molecular weight is 358 g/mol. The number of benzene rings is 1. The van der Waals surface area contributed by atoms with Crippen molar-refractivity contribution in [2.75, 3.05) is 33.2 Å². The van der Waals surface area contributed by atoms with E-state index in [0.29, 0.717) is 6.54 Å². The maximum atomic E-state index is 10.9. The molecule has 0 saturated carbocycles. The predicted octanol–water partition coefficient (Wildman–Crippen LogP) is 1.48. The van der Waals surface area contributed by atoms with Crippen LogP contribution in [0.4, 0.5) is 5.69 Å². The molecule has 0 spiro atoms. The van der Waals surface area contributed by atoms with Gasteiger partial charge in [0.15, 0.2) is 5.96 Å². The summed E-state index contributed by atoms with van der Waals surface area (Å²) in [5.74, 6) is 0.803. The van der Waals surface area contributed by atoms with Crippen molar-refractivity contribution in [1.29, 1.82) is 0 Å². The van der Waals surface area contributed by atoms with Crippen LogP contribution in [0.2, 0.25) is 0 Å². The number of hydrogen-bond donors (Lipinski definition) is 1. The molecule has 138 valence electrons. The van der Waals surface area contributed by atoms with Gasteiger partial charge in [-0.25, -0.2) is 0 Å². The zero-order valence-electron chi connectivity index (χ0n) is 14.7. The first-order valence-corrected chi connectivity index (χ1v) is 8.46. The van der Waals surface area contributed by atoms with Crippen LogP contribution in [0.5, 0.6) is 0 Å². The molecule has 1 aliphatic heterocycles. The third-order valence-corrected chi connectivity index (χ3v) is 4.33. The van der Waals surface area contributed by atoms with Crippen LogP contribution in [0.25, 0.3) is 0 Å². The number of aromatic nitrogens is 1. The third kappa shape index (κ3) is 4.57. The van der Waals surface area contributed by atoms with Crippen LogP contribution in [-0.2, 0) is 13.1 Å². The summed E-state index contributed by atoms with van der Waals surface area (Å²) in [6, 6.07) is 8.51. The number of aliphatic imine (C=N–C) groups is 1. The normalized spacial score (nSPS) is 15.9. The summed E-state index contributed by atoms with van der Waals surface area (Å²) in [6.07, 6.45) is 1.59. The number of guanidine groups is 1. The summed E-state index contributed by atoms with van der Waals surface area (Å²) >= 11 is 0. The Labute approximate surface area is 151 Å². The maximum absolute atomic E-state index is 10.9. The van der Waals surface area contributed by atoms with Gasteiger partial charge in [-0.2, -0.15) is 0 Å². The molecule has 26 heavy (non-hydrogen) atoms. The Hall–Kier alpha value is -2.94. The maximum Gasteiger partial charge on any atom is 0.269 e.